The summed E-state index contributed by atoms with van der Waals surface area (Å²) in [5.74, 6) is -0.247. The number of halogens is 2. The molecule has 1 aliphatic carbocycles. The van der Waals surface area contributed by atoms with E-state index in [0.717, 1.165) is 73.6 Å². The summed E-state index contributed by atoms with van der Waals surface area (Å²) in [4.78, 5) is 29.5. The molecule has 11 heteroatoms. The van der Waals surface area contributed by atoms with E-state index < -0.39 is 12.0 Å². The first-order valence-electron chi connectivity index (χ1n) is 14.6. The monoisotopic (exact) mass is 659 g/mol. The molecular weight excluding hydrogens is 618 g/mol. The lowest BCUT2D eigenvalue weighted by molar-refractivity contribution is -0.131. The summed E-state index contributed by atoms with van der Waals surface area (Å²) in [5, 5.41) is 21.7. The van der Waals surface area contributed by atoms with E-state index in [2.05, 4.69) is 26.6 Å². The third-order valence-corrected chi connectivity index (χ3v) is 8.99. The summed E-state index contributed by atoms with van der Waals surface area (Å²) >= 11 is 3.54. The second-order valence-electron chi connectivity index (χ2n) is 11.4. The molecule has 2 amide bonds. The van der Waals surface area contributed by atoms with Crippen molar-refractivity contribution in [3.8, 4) is 0 Å². The SMILES string of the molecule is Cl.N=C(N)c1ccc(CC(C(=O)N[C@H](C(=O)NCC2CCN(C(=N)N)CC2)C2CCCCC2)c2cccc(Br)c2)cc1. The second kappa shape index (κ2) is 15.9. The van der Waals surface area contributed by atoms with Crippen molar-refractivity contribution in [1.29, 1.82) is 10.8 Å². The minimum absolute atomic E-state index is 0. The molecule has 9 nitrogen and oxygen atoms in total. The molecule has 2 aromatic carbocycles. The largest absolute Gasteiger partial charge is 0.384 e. The highest BCUT2D eigenvalue weighted by atomic mass is 79.9. The quantitative estimate of drug-likeness (QED) is 0.166. The van der Waals surface area contributed by atoms with Gasteiger partial charge in [-0.25, -0.2) is 0 Å². The Kier molecular flexibility index (Phi) is 12.7. The third-order valence-electron chi connectivity index (χ3n) is 8.49. The first kappa shape index (κ1) is 33.4. The number of carbonyl (C=O) groups is 2. The van der Waals surface area contributed by atoms with Gasteiger partial charge in [0, 0.05) is 29.7 Å². The van der Waals surface area contributed by atoms with Crippen LogP contribution in [-0.4, -0.2) is 54.2 Å². The smallest absolute Gasteiger partial charge is 0.242 e. The molecule has 2 aromatic rings. The van der Waals surface area contributed by atoms with Crippen LogP contribution in [-0.2, 0) is 16.0 Å². The summed E-state index contributed by atoms with van der Waals surface area (Å²) in [5.41, 5.74) is 13.7. The normalized spacial score (nSPS) is 17.4. The van der Waals surface area contributed by atoms with Crippen molar-refractivity contribution >= 4 is 51.9 Å². The minimum Gasteiger partial charge on any atom is -0.384 e. The van der Waals surface area contributed by atoms with Crippen LogP contribution in [0.3, 0.4) is 0 Å². The molecule has 1 saturated heterocycles. The van der Waals surface area contributed by atoms with Crippen LogP contribution in [0.25, 0.3) is 0 Å². The van der Waals surface area contributed by atoms with E-state index in [1.165, 1.54) is 0 Å². The molecule has 228 valence electrons. The van der Waals surface area contributed by atoms with Crippen molar-refractivity contribution < 1.29 is 9.59 Å². The van der Waals surface area contributed by atoms with E-state index in [1.54, 1.807) is 12.1 Å². The van der Waals surface area contributed by atoms with Crippen molar-refractivity contribution in [3.63, 3.8) is 0 Å². The van der Waals surface area contributed by atoms with E-state index >= 15 is 0 Å². The molecule has 0 radical (unpaired) electrons. The standard InChI is InChI=1S/C31H42BrN7O2.ClH/c32-25-8-4-7-24(18-25)26(17-20-9-11-23(12-10-20)28(33)34)29(40)38-27(22-5-2-1-3-6-22)30(41)37-19-21-13-15-39(16-14-21)31(35)36;/h4,7-12,18,21-22,26-27H,1-3,5-6,13-17,19H2,(H3,33,34)(H3,35,36)(H,37,41)(H,38,40);1H/t26?,27-;/m0./s1. The first-order chi connectivity index (χ1) is 19.7. The highest BCUT2D eigenvalue weighted by Gasteiger charge is 2.34. The molecular formula is C31H43BrClN7O2. The number of nitrogens with one attached hydrogen (secondary N) is 4. The summed E-state index contributed by atoms with van der Waals surface area (Å²) in [7, 11) is 0. The molecule has 2 fully saturated rings. The van der Waals surface area contributed by atoms with Crippen LogP contribution in [0.1, 0.15) is 67.6 Å². The van der Waals surface area contributed by atoms with Gasteiger partial charge in [0.15, 0.2) is 5.96 Å². The van der Waals surface area contributed by atoms with Crippen molar-refractivity contribution in [3.05, 3.63) is 69.7 Å². The lowest BCUT2D eigenvalue weighted by Crippen LogP contribution is -2.53. The number of amides is 2. The van der Waals surface area contributed by atoms with Gasteiger partial charge in [-0.1, -0.05) is 71.6 Å². The Labute approximate surface area is 263 Å². The van der Waals surface area contributed by atoms with Gasteiger partial charge in [-0.2, -0.15) is 0 Å². The third kappa shape index (κ3) is 9.19. The van der Waals surface area contributed by atoms with E-state index in [4.69, 9.17) is 22.3 Å². The minimum atomic E-state index is -0.588. The zero-order valence-corrected chi connectivity index (χ0v) is 26.3. The van der Waals surface area contributed by atoms with Gasteiger partial charge >= 0.3 is 0 Å². The Morgan fingerprint density at radius 3 is 2.21 bits per heavy atom. The topological polar surface area (TPSA) is 161 Å². The zero-order chi connectivity index (χ0) is 29.4. The zero-order valence-electron chi connectivity index (χ0n) is 23.9. The number of nitrogens with zero attached hydrogens (tertiary/aromatic N) is 1. The summed E-state index contributed by atoms with van der Waals surface area (Å²) < 4.78 is 0.886. The maximum atomic E-state index is 14.0. The van der Waals surface area contributed by atoms with Crippen molar-refractivity contribution in [2.75, 3.05) is 19.6 Å². The van der Waals surface area contributed by atoms with Crippen LogP contribution in [0, 0.1) is 22.7 Å². The lowest BCUT2D eigenvalue weighted by Gasteiger charge is -2.34. The Balaban J connectivity index is 0.00000484. The molecule has 1 heterocycles. The van der Waals surface area contributed by atoms with Crippen molar-refractivity contribution in [2.24, 2.45) is 23.3 Å². The average Bonchev–Trinajstić information content (AvgIpc) is 2.98. The summed E-state index contributed by atoms with van der Waals surface area (Å²) in [6.45, 7) is 2.00. The molecule has 42 heavy (non-hydrogen) atoms. The number of guanidine groups is 1. The number of piperidine rings is 1. The van der Waals surface area contributed by atoms with Crippen LogP contribution in [0.5, 0.6) is 0 Å². The molecule has 2 aliphatic rings. The molecule has 4 rings (SSSR count). The van der Waals surface area contributed by atoms with Gasteiger partial charge in [0.2, 0.25) is 11.8 Å². The molecule has 0 bridgehead atoms. The van der Waals surface area contributed by atoms with E-state index in [-0.39, 0.29) is 41.9 Å². The number of nitrogens with two attached hydrogens (primary N) is 2. The fourth-order valence-electron chi connectivity index (χ4n) is 5.99. The number of nitrogen functional groups attached to an aromatic ring is 1. The number of hydrogen-bond acceptors (Lipinski definition) is 4. The molecule has 0 spiro atoms. The van der Waals surface area contributed by atoms with Crippen LogP contribution in [0.15, 0.2) is 53.0 Å². The molecule has 1 saturated carbocycles. The predicted octanol–water partition coefficient (Wildman–Crippen LogP) is 4.27. The van der Waals surface area contributed by atoms with E-state index in [0.29, 0.717) is 24.4 Å². The first-order valence-corrected chi connectivity index (χ1v) is 15.4. The van der Waals surface area contributed by atoms with Gasteiger partial charge < -0.3 is 27.0 Å². The molecule has 2 atom stereocenters. The van der Waals surface area contributed by atoms with Gasteiger partial charge in [0.1, 0.15) is 11.9 Å². The summed E-state index contributed by atoms with van der Waals surface area (Å²) in [6.07, 6.45) is 7.31. The van der Waals surface area contributed by atoms with Crippen LogP contribution in [0.4, 0.5) is 0 Å². The van der Waals surface area contributed by atoms with Gasteiger partial charge in [-0.05, 0) is 67.2 Å². The van der Waals surface area contributed by atoms with Gasteiger partial charge in [0.25, 0.3) is 0 Å². The number of benzene rings is 2. The lowest BCUT2D eigenvalue weighted by atomic mass is 9.82. The van der Waals surface area contributed by atoms with E-state index in [9.17, 15) is 9.59 Å². The van der Waals surface area contributed by atoms with Gasteiger partial charge in [0.05, 0.1) is 5.92 Å². The number of rotatable bonds is 10. The Bertz CT molecular complexity index is 1230. The number of amidine groups is 1. The highest BCUT2D eigenvalue weighted by Crippen LogP contribution is 2.29. The maximum Gasteiger partial charge on any atom is 0.242 e. The van der Waals surface area contributed by atoms with Crippen LogP contribution in [0.2, 0.25) is 0 Å². The number of likely N-dealkylation sites (tertiary alicyclic amines) is 1. The molecule has 1 unspecified atom stereocenters. The van der Waals surface area contributed by atoms with Gasteiger partial charge in [-0.15, -0.1) is 12.4 Å². The Morgan fingerprint density at radius 1 is 0.952 bits per heavy atom. The molecule has 8 N–H and O–H groups in total. The van der Waals surface area contributed by atoms with Crippen molar-refractivity contribution in [2.45, 2.75) is 63.3 Å². The Hall–Kier alpha value is -3.11. The maximum absolute atomic E-state index is 14.0. The Morgan fingerprint density at radius 2 is 1.62 bits per heavy atom. The second-order valence-corrected chi connectivity index (χ2v) is 12.3. The van der Waals surface area contributed by atoms with Crippen LogP contribution >= 0.6 is 28.3 Å². The summed E-state index contributed by atoms with van der Waals surface area (Å²) in [6, 6.07) is 14.6. The van der Waals surface area contributed by atoms with Crippen molar-refractivity contribution in [1.82, 2.24) is 15.5 Å². The van der Waals surface area contributed by atoms with Crippen LogP contribution < -0.4 is 22.1 Å². The average molecular weight is 661 g/mol. The fourth-order valence-corrected chi connectivity index (χ4v) is 6.41. The van der Waals surface area contributed by atoms with E-state index in [1.807, 2.05) is 41.3 Å². The molecule has 0 aromatic heterocycles. The fraction of sp³-hybridized carbons (Fsp3) is 0.484. The molecule has 1 aliphatic heterocycles. The predicted molar refractivity (Wildman–Crippen MR) is 173 cm³/mol. The van der Waals surface area contributed by atoms with Gasteiger partial charge in [-0.3, -0.25) is 20.4 Å². The number of carbonyl (C=O) groups excluding carboxylic acids is 2. The number of hydrogen-bond donors (Lipinski definition) is 6. The highest BCUT2D eigenvalue weighted by molar-refractivity contribution is 9.10.